The molecule has 0 fully saturated rings. The number of benzene rings is 8. The Kier molecular flexibility index (Phi) is 8.97. The van der Waals surface area contributed by atoms with Crippen LogP contribution in [0.25, 0.3) is 82.1 Å². The third kappa shape index (κ3) is 6.55. The van der Waals surface area contributed by atoms with Crippen molar-refractivity contribution in [3.63, 3.8) is 0 Å². The van der Waals surface area contributed by atoms with Gasteiger partial charge in [-0.25, -0.2) is 4.98 Å². The van der Waals surface area contributed by atoms with Gasteiger partial charge in [-0.15, -0.1) is 0 Å². The highest BCUT2D eigenvalue weighted by Crippen LogP contribution is 2.39. The molecule has 2 N–H and O–H groups in total. The molecule has 8 aromatic carbocycles. The molecule has 0 radical (unpaired) electrons. The number of hydrogen-bond acceptors (Lipinski definition) is 3. The molecule has 5 nitrogen and oxygen atoms in total. The topological polar surface area (TPSA) is 54.9 Å². The Labute approximate surface area is 360 Å². The summed E-state index contributed by atoms with van der Waals surface area (Å²) in [5.74, 6) is 2.36. The van der Waals surface area contributed by atoms with Crippen LogP contribution in [0, 0.1) is 0 Å². The van der Waals surface area contributed by atoms with Gasteiger partial charge in [0.25, 0.3) is 0 Å². The summed E-state index contributed by atoms with van der Waals surface area (Å²) in [6, 6.07) is 68.6. The molecule has 0 unspecified atom stereocenters. The fourth-order valence-electron chi connectivity index (χ4n) is 9.01. The number of hydrogen-bond donors (Lipinski definition) is 2. The number of nitrogens with one attached hydrogen (secondary N) is 2. The smallest absolute Gasteiger partial charge is 0.137 e. The number of ether oxygens (including phenoxy) is 1. The van der Waals surface area contributed by atoms with Crippen molar-refractivity contribution in [1.29, 1.82) is 0 Å². The minimum Gasteiger partial charge on any atom is -0.457 e. The number of pyridine rings is 1. The van der Waals surface area contributed by atoms with Crippen LogP contribution in [0.15, 0.2) is 200 Å². The molecule has 0 amide bonds. The Balaban J connectivity index is 1.05. The molecule has 0 saturated carbocycles. The molecule has 0 spiro atoms. The predicted octanol–water partition coefficient (Wildman–Crippen LogP) is 15.7. The highest BCUT2D eigenvalue weighted by Gasteiger charge is 2.19. The maximum absolute atomic E-state index is 6.70. The van der Waals surface area contributed by atoms with Crippen LogP contribution in [-0.4, -0.2) is 14.5 Å². The maximum atomic E-state index is 6.70. The molecule has 11 aromatic rings. The summed E-state index contributed by atoms with van der Waals surface area (Å²) in [5.41, 5.74) is 9.56. The molecule has 0 aliphatic heterocycles. The van der Waals surface area contributed by atoms with Crippen molar-refractivity contribution in [2.75, 3.05) is 5.32 Å². The van der Waals surface area contributed by atoms with Gasteiger partial charge in [-0.3, -0.25) is 4.57 Å². The van der Waals surface area contributed by atoms with E-state index < -0.39 is 0 Å². The number of nitrogens with zero attached hydrogens (tertiary/aromatic N) is 2. The Hall–Kier alpha value is -7.89. The monoisotopic (exact) mass is 800 g/mol. The zero-order valence-corrected chi connectivity index (χ0v) is 34.9. The van der Waals surface area contributed by atoms with Crippen LogP contribution in [0.3, 0.4) is 0 Å². The van der Waals surface area contributed by atoms with E-state index in [1.54, 1.807) is 0 Å². The normalized spacial score (nSPS) is 11.8. The zero-order valence-electron chi connectivity index (χ0n) is 34.9. The SMILES string of the molecule is CC(C)(C)c1ccnc(-n2c3ccccc3c3ccc(Oc4cccc(Nc5cccc6c5[nH]c5c(-c7ccccc7)cccc5c5ccccc5c5ccccc65)c4)cc32)c1. The Morgan fingerprint density at radius 1 is 0.484 bits per heavy atom. The maximum Gasteiger partial charge on any atom is 0.137 e. The van der Waals surface area contributed by atoms with Crippen molar-refractivity contribution in [3.8, 4) is 28.4 Å². The highest BCUT2D eigenvalue weighted by molar-refractivity contribution is 6.21. The number of para-hydroxylation sites is 3. The van der Waals surface area contributed by atoms with E-state index in [2.05, 4.69) is 218 Å². The van der Waals surface area contributed by atoms with E-state index in [1.807, 2.05) is 18.3 Å². The molecule has 62 heavy (non-hydrogen) atoms. The Morgan fingerprint density at radius 2 is 1.08 bits per heavy atom. The summed E-state index contributed by atoms with van der Waals surface area (Å²) in [4.78, 5) is 8.90. The van der Waals surface area contributed by atoms with Crippen molar-refractivity contribution >= 4 is 76.5 Å². The first-order chi connectivity index (χ1) is 30.4. The fourth-order valence-corrected chi connectivity index (χ4v) is 9.01. The third-order valence-corrected chi connectivity index (χ3v) is 12.0. The second kappa shape index (κ2) is 15.0. The second-order valence-electron chi connectivity index (χ2n) is 17.0. The van der Waals surface area contributed by atoms with Crippen molar-refractivity contribution in [3.05, 3.63) is 206 Å². The van der Waals surface area contributed by atoms with Crippen LogP contribution in [-0.2, 0) is 5.41 Å². The van der Waals surface area contributed by atoms with Gasteiger partial charge in [-0.05, 0) is 86.6 Å². The van der Waals surface area contributed by atoms with E-state index in [4.69, 9.17) is 9.72 Å². The molecular weight excluding hydrogens is 757 g/mol. The van der Waals surface area contributed by atoms with Crippen molar-refractivity contribution in [2.45, 2.75) is 26.2 Å². The number of anilines is 2. The molecule has 0 aliphatic carbocycles. The molecule has 0 aliphatic rings. The Bertz CT molecular complexity index is 3570. The summed E-state index contributed by atoms with van der Waals surface area (Å²) in [7, 11) is 0. The van der Waals surface area contributed by atoms with Crippen LogP contribution in [0.5, 0.6) is 11.5 Å². The number of H-pyrrole nitrogens is 1. The van der Waals surface area contributed by atoms with Gasteiger partial charge in [-0.1, -0.05) is 154 Å². The second-order valence-corrected chi connectivity index (χ2v) is 17.0. The highest BCUT2D eigenvalue weighted by atomic mass is 16.5. The number of aromatic nitrogens is 3. The van der Waals surface area contributed by atoms with Crippen LogP contribution in [0.2, 0.25) is 0 Å². The van der Waals surface area contributed by atoms with Crippen LogP contribution in [0.1, 0.15) is 26.3 Å². The molecule has 3 heterocycles. The summed E-state index contributed by atoms with van der Waals surface area (Å²) < 4.78 is 8.95. The van der Waals surface area contributed by atoms with Crippen LogP contribution in [0.4, 0.5) is 11.4 Å². The van der Waals surface area contributed by atoms with E-state index in [1.165, 1.54) is 27.1 Å². The Morgan fingerprint density at radius 3 is 1.82 bits per heavy atom. The lowest BCUT2D eigenvalue weighted by Crippen LogP contribution is -2.12. The summed E-state index contributed by atoms with van der Waals surface area (Å²) >= 11 is 0. The number of rotatable bonds is 6. The number of aromatic amines is 1. The van der Waals surface area contributed by atoms with Crippen LogP contribution < -0.4 is 10.1 Å². The van der Waals surface area contributed by atoms with Gasteiger partial charge in [0.15, 0.2) is 0 Å². The molecule has 0 saturated heterocycles. The quantitative estimate of drug-likeness (QED) is 0.176. The van der Waals surface area contributed by atoms with Crippen molar-refractivity contribution in [2.24, 2.45) is 0 Å². The standard InChI is InChI=1S/C57H44N4O/c1-57(2,3)38-32-33-58-54(34-38)61-52-29-12-11-24-47(52)48-31-30-41(36-53(48)61)62-40-19-13-18-39(35-40)59-51-28-15-27-50-46-23-10-8-21-44(46)43-20-7-9-22-45(43)49-26-14-25-42(55(49)60-56(50)51)37-16-5-4-6-17-37/h4-36,59-60H,1-3H3. The lowest BCUT2D eigenvalue weighted by Gasteiger charge is -2.20. The first kappa shape index (κ1) is 37.1. The fraction of sp³-hybridized carbons (Fsp3) is 0.0702. The van der Waals surface area contributed by atoms with Gasteiger partial charge in [-0.2, -0.15) is 0 Å². The summed E-state index contributed by atoms with van der Waals surface area (Å²) in [6.45, 7) is 6.70. The lowest BCUT2D eigenvalue weighted by molar-refractivity contribution is 0.483. The minimum absolute atomic E-state index is 0.0113. The molecule has 0 atom stereocenters. The van der Waals surface area contributed by atoms with Gasteiger partial charge < -0.3 is 15.0 Å². The molecule has 298 valence electrons. The van der Waals surface area contributed by atoms with E-state index in [0.29, 0.717) is 0 Å². The van der Waals surface area contributed by atoms with Gasteiger partial charge >= 0.3 is 0 Å². The molecule has 0 bridgehead atoms. The van der Waals surface area contributed by atoms with E-state index in [0.717, 1.165) is 83.4 Å². The largest absolute Gasteiger partial charge is 0.457 e. The van der Waals surface area contributed by atoms with E-state index in [-0.39, 0.29) is 5.41 Å². The third-order valence-electron chi connectivity index (χ3n) is 12.0. The van der Waals surface area contributed by atoms with E-state index >= 15 is 0 Å². The lowest BCUT2D eigenvalue weighted by atomic mass is 9.88. The van der Waals surface area contributed by atoms with Crippen molar-refractivity contribution in [1.82, 2.24) is 14.5 Å². The summed E-state index contributed by atoms with van der Waals surface area (Å²) in [5, 5.41) is 13.1. The molecule has 3 aromatic heterocycles. The molecular formula is C57H44N4O. The first-order valence-corrected chi connectivity index (χ1v) is 21.2. The van der Waals surface area contributed by atoms with Crippen LogP contribution >= 0.6 is 0 Å². The molecule has 5 heteroatoms. The van der Waals surface area contributed by atoms with Gasteiger partial charge in [0, 0.05) is 51.1 Å². The summed E-state index contributed by atoms with van der Waals surface area (Å²) in [6.07, 6.45) is 1.91. The van der Waals surface area contributed by atoms with Crippen molar-refractivity contribution < 1.29 is 4.74 Å². The average molecular weight is 801 g/mol. The minimum atomic E-state index is -0.0113. The van der Waals surface area contributed by atoms with E-state index in [9.17, 15) is 0 Å². The zero-order chi connectivity index (χ0) is 41.8. The predicted molar refractivity (Wildman–Crippen MR) is 261 cm³/mol. The van der Waals surface area contributed by atoms with Gasteiger partial charge in [0.1, 0.15) is 17.3 Å². The molecule has 11 rings (SSSR count). The number of fused-ring (bicyclic) bond motifs is 10. The van der Waals surface area contributed by atoms with Gasteiger partial charge in [0.05, 0.1) is 27.8 Å². The first-order valence-electron chi connectivity index (χ1n) is 21.2. The average Bonchev–Trinajstić information content (AvgIpc) is 3.65. The van der Waals surface area contributed by atoms with Gasteiger partial charge in [0.2, 0.25) is 0 Å².